The lowest BCUT2D eigenvalue weighted by Gasteiger charge is -2.60. The van der Waals surface area contributed by atoms with Gasteiger partial charge in [0.1, 0.15) is 5.60 Å². The molecule has 1 heterocycles. The first kappa shape index (κ1) is 22.3. The highest BCUT2D eigenvalue weighted by atomic mass is 28.4. The van der Waals surface area contributed by atoms with Crippen LogP contribution in [0.1, 0.15) is 72.1 Å². The van der Waals surface area contributed by atoms with Crippen LogP contribution in [0.15, 0.2) is 11.6 Å². The number of hydrogen-bond donors (Lipinski definition) is 0. The summed E-state index contributed by atoms with van der Waals surface area (Å²) in [5.41, 5.74) is 1.24. The Bertz CT molecular complexity index is 794. The Morgan fingerprint density at radius 2 is 1.71 bits per heavy atom. The summed E-state index contributed by atoms with van der Waals surface area (Å²) in [7, 11) is -1.85. The summed E-state index contributed by atoms with van der Waals surface area (Å²) >= 11 is 0. The molecule has 174 valence electrons. The Kier molecular flexibility index (Phi) is 5.04. The van der Waals surface area contributed by atoms with Gasteiger partial charge in [-0.05, 0) is 88.3 Å². The van der Waals surface area contributed by atoms with E-state index in [2.05, 4.69) is 39.6 Å². The lowest BCUT2D eigenvalue weighted by atomic mass is 9.46. The van der Waals surface area contributed by atoms with Crippen molar-refractivity contribution in [2.75, 3.05) is 13.2 Å². The number of Topliss-reactive ketones (excluding diaryl/α,β-unsaturated/α-hetero) is 1. The maximum Gasteiger partial charge on any atom is 0.185 e. The van der Waals surface area contributed by atoms with E-state index in [1.807, 2.05) is 0 Å². The fourth-order valence-electron chi connectivity index (χ4n) is 8.69. The van der Waals surface area contributed by atoms with E-state index in [4.69, 9.17) is 13.9 Å². The second-order valence-corrected chi connectivity index (χ2v) is 17.1. The van der Waals surface area contributed by atoms with Crippen LogP contribution >= 0.6 is 0 Å². The predicted octanol–water partition coefficient (Wildman–Crippen LogP) is 5.87. The number of carbonyl (C=O) groups excluding carboxylic acids is 1. The van der Waals surface area contributed by atoms with Gasteiger partial charge in [-0.1, -0.05) is 25.5 Å². The van der Waals surface area contributed by atoms with Gasteiger partial charge in [-0.25, -0.2) is 0 Å². The van der Waals surface area contributed by atoms with Crippen molar-refractivity contribution in [3.8, 4) is 0 Å². The Labute approximate surface area is 189 Å². The number of carbonyl (C=O) groups is 1. The molecule has 0 aromatic rings. The second-order valence-electron chi connectivity index (χ2n) is 12.6. The molecule has 0 aromatic heterocycles. The number of fused-ring (bicyclic) bond motifs is 5. The molecule has 1 saturated heterocycles. The maximum atomic E-state index is 13.2. The first-order valence-corrected chi connectivity index (χ1v) is 16.0. The van der Waals surface area contributed by atoms with Crippen molar-refractivity contribution >= 4 is 14.1 Å². The third kappa shape index (κ3) is 3.13. The minimum Gasteiger partial charge on any atom is -0.405 e. The molecule has 6 atom stereocenters. The topological polar surface area (TPSA) is 44.8 Å². The molecule has 3 saturated carbocycles. The molecule has 5 rings (SSSR count). The van der Waals surface area contributed by atoms with Crippen molar-refractivity contribution in [1.29, 1.82) is 0 Å². The zero-order valence-electron chi connectivity index (χ0n) is 20.5. The molecule has 5 heteroatoms. The second kappa shape index (κ2) is 7.01. The number of ketones is 1. The average Bonchev–Trinajstić information content (AvgIpc) is 3.25. The average molecular weight is 447 g/mol. The van der Waals surface area contributed by atoms with Gasteiger partial charge in [0, 0.05) is 18.3 Å². The molecular weight excluding hydrogens is 404 g/mol. The molecule has 1 aliphatic heterocycles. The maximum absolute atomic E-state index is 13.2. The largest absolute Gasteiger partial charge is 0.405 e. The van der Waals surface area contributed by atoms with Crippen LogP contribution in [-0.4, -0.2) is 38.7 Å². The molecule has 4 aliphatic carbocycles. The summed E-state index contributed by atoms with van der Waals surface area (Å²) in [6.45, 7) is 14.9. The van der Waals surface area contributed by atoms with Crippen LogP contribution in [0.2, 0.25) is 19.6 Å². The quantitative estimate of drug-likeness (QED) is 0.402. The van der Waals surface area contributed by atoms with Crippen molar-refractivity contribution in [2.45, 2.75) is 103 Å². The van der Waals surface area contributed by atoms with E-state index in [0.29, 0.717) is 17.8 Å². The molecule has 4 fully saturated rings. The van der Waals surface area contributed by atoms with Gasteiger partial charge < -0.3 is 13.9 Å². The predicted molar refractivity (Wildman–Crippen MR) is 124 cm³/mol. The van der Waals surface area contributed by atoms with Gasteiger partial charge >= 0.3 is 0 Å². The fourth-order valence-corrected chi connectivity index (χ4v) is 10.2. The van der Waals surface area contributed by atoms with E-state index in [1.54, 1.807) is 12.5 Å². The summed E-state index contributed by atoms with van der Waals surface area (Å²) in [5, 5.41) is 0. The van der Waals surface area contributed by atoms with Crippen molar-refractivity contribution in [3.63, 3.8) is 0 Å². The lowest BCUT2D eigenvalue weighted by molar-refractivity contribution is -0.187. The van der Waals surface area contributed by atoms with Gasteiger partial charge in [-0.3, -0.25) is 4.79 Å². The third-order valence-corrected chi connectivity index (χ3v) is 11.1. The van der Waals surface area contributed by atoms with E-state index in [1.165, 1.54) is 6.42 Å². The van der Waals surface area contributed by atoms with Gasteiger partial charge in [-0.2, -0.15) is 0 Å². The van der Waals surface area contributed by atoms with Crippen molar-refractivity contribution in [3.05, 3.63) is 11.6 Å². The molecule has 0 radical (unpaired) electrons. The van der Waals surface area contributed by atoms with E-state index < -0.39 is 13.9 Å². The Hall–Kier alpha value is -0.493. The molecule has 5 aliphatic rings. The van der Waals surface area contributed by atoms with Crippen LogP contribution in [0, 0.1) is 28.6 Å². The monoisotopic (exact) mass is 446 g/mol. The number of hydrogen-bond acceptors (Lipinski definition) is 4. The van der Waals surface area contributed by atoms with E-state index >= 15 is 0 Å². The fraction of sp³-hybridized carbons (Fsp3) is 0.885. The molecule has 0 unspecified atom stereocenters. The number of rotatable bonds is 3. The lowest BCUT2D eigenvalue weighted by Crippen LogP contribution is -2.60. The number of allylic oxidation sites excluding steroid dienone is 1. The smallest absolute Gasteiger partial charge is 0.185 e. The molecule has 31 heavy (non-hydrogen) atoms. The van der Waals surface area contributed by atoms with Gasteiger partial charge in [0.15, 0.2) is 19.9 Å². The van der Waals surface area contributed by atoms with Crippen molar-refractivity contribution in [1.82, 2.24) is 0 Å². The van der Waals surface area contributed by atoms with Gasteiger partial charge in [-0.15, -0.1) is 0 Å². The minimum atomic E-state index is -1.85. The molecular formula is C26H42O4Si. The highest BCUT2D eigenvalue weighted by Gasteiger charge is 2.67. The summed E-state index contributed by atoms with van der Waals surface area (Å²) in [4.78, 5) is 13.2. The zero-order chi connectivity index (χ0) is 22.3. The molecule has 0 amide bonds. The van der Waals surface area contributed by atoms with Gasteiger partial charge in [0.25, 0.3) is 0 Å². The minimum absolute atomic E-state index is 0.0322. The standard InChI is InChI=1S/C26H42O4Si/c1-18(27)26(30-31(4,5)6)12-10-22-20-8-7-19-17-25(28-15-16-29-25)14-13-23(19,2)21(20)9-11-24(22,26)3/h7,20-22H,8-17H2,1-6H3/t20-,21-,22-,23+,24+,26+/m1/s1. The van der Waals surface area contributed by atoms with Crippen molar-refractivity contribution < 1.29 is 18.7 Å². The van der Waals surface area contributed by atoms with Crippen LogP contribution in [0.4, 0.5) is 0 Å². The molecule has 1 spiro atoms. The molecule has 0 bridgehead atoms. The highest BCUT2D eigenvalue weighted by molar-refractivity contribution is 6.70. The van der Waals surface area contributed by atoms with E-state index in [0.717, 1.165) is 58.2 Å². The van der Waals surface area contributed by atoms with Gasteiger partial charge in [0.05, 0.1) is 13.2 Å². The van der Waals surface area contributed by atoms with Crippen molar-refractivity contribution in [2.24, 2.45) is 28.6 Å². The normalized spacial score (nSPS) is 46.3. The summed E-state index contributed by atoms with van der Waals surface area (Å²) in [5.74, 6) is 1.88. The summed E-state index contributed by atoms with van der Waals surface area (Å²) in [6.07, 6.45) is 11.2. The SMILES string of the molecule is CC(=O)[C@@]1(O[Si](C)(C)C)CC[C@@H]2[C@@H]3CC=C4CC5(CC[C@]4(C)[C@@H]3CC[C@@]21C)OCCO5. The third-order valence-electron chi connectivity index (χ3n) is 10.1. The van der Waals surface area contributed by atoms with Gasteiger partial charge in [0.2, 0.25) is 0 Å². The van der Waals surface area contributed by atoms with Crippen LogP contribution in [0.5, 0.6) is 0 Å². The first-order chi connectivity index (χ1) is 14.4. The first-order valence-electron chi connectivity index (χ1n) is 12.6. The number of ether oxygens (including phenoxy) is 2. The summed E-state index contributed by atoms with van der Waals surface area (Å²) < 4.78 is 19.0. The molecule has 0 N–H and O–H groups in total. The highest BCUT2D eigenvalue weighted by Crippen LogP contribution is 2.69. The Balaban J connectivity index is 1.46. The zero-order valence-corrected chi connectivity index (χ0v) is 21.5. The Morgan fingerprint density at radius 1 is 1.03 bits per heavy atom. The van der Waals surface area contributed by atoms with E-state index in [-0.39, 0.29) is 22.4 Å². The Morgan fingerprint density at radius 3 is 2.35 bits per heavy atom. The molecule has 4 nitrogen and oxygen atoms in total. The van der Waals surface area contributed by atoms with Crippen LogP contribution in [-0.2, 0) is 18.7 Å². The van der Waals surface area contributed by atoms with E-state index in [9.17, 15) is 4.79 Å². The van der Waals surface area contributed by atoms with Crippen LogP contribution in [0.3, 0.4) is 0 Å². The summed E-state index contributed by atoms with van der Waals surface area (Å²) in [6, 6.07) is 0. The van der Waals surface area contributed by atoms with Crippen LogP contribution in [0.25, 0.3) is 0 Å². The molecule has 0 aromatic carbocycles. The van der Waals surface area contributed by atoms with Crippen LogP contribution < -0.4 is 0 Å².